The van der Waals surface area contributed by atoms with Crippen LogP contribution in [0.15, 0.2) is 17.0 Å². The van der Waals surface area contributed by atoms with Gasteiger partial charge in [0.2, 0.25) is 0 Å². The topological polar surface area (TPSA) is 38.1 Å². The van der Waals surface area contributed by atoms with Crippen molar-refractivity contribution in [2.75, 3.05) is 0 Å². The SMILES string of the molecule is FC(F)(F)CC(=S)NCc1cnco1. The Labute approximate surface area is 83.3 Å². The molecule has 1 aromatic heterocycles. The second kappa shape index (κ2) is 4.41. The van der Waals surface area contributed by atoms with Crippen molar-refractivity contribution < 1.29 is 17.6 Å². The van der Waals surface area contributed by atoms with Crippen molar-refractivity contribution in [3.8, 4) is 0 Å². The van der Waals surface area contributed by atoms with Crippen LogP contribution < -0.4 is 5.32 Å². The van der Waals surface area contributed by atoms with Crippen LogP contribution in [-0.2, 0) is 6.54 Å². The molecule has 0 aliphatic carbocycles. The van der Waals surface area contributed by atoms with E-state index in [4.69, 9.17) is 4.42 Å². The number of thiocarbonyl (C=S) groups is 1. The number of aromatic nitrogens is 1. The zero-order valence-corrected chi connectivity index (χ0v) is 7.78. The van der Waals surface area contributed by atoms with E-state index in [0.717, 1.165) is 0 Å². The summed E-state index contributed by atoms with van der Waals surface area (Å²) in [5.41, 5.74) is 0. The molecule has 1 N–H and O–H groups in total. The van der Waals surface area contributed by atoms with Gasteiger partial charge in [0, 0.05) is 0 Å². The minimum Gasteiger partial charge on any atom is -0.447 e. The van der Waals surface area contributed by atoms with Gasteiger partial charge in [0.15, 0.2) is 6.39 Å². The molecule has 0 aliphatic rings. The van der Waals surface area contributed by atoms with Gasteiger partial charge in [-0.3, -0.25) is 0 Å². The summed E-state index contributed by atoms with van der Waals surface area (Å²) < 4.78 is 40.2. The van der Waals surface area contributed by atoms with Gasteiger partial charge >= 0.3 is 6.18 Å². The molecule has 0 atom stereocenters. The molecule has 7 heteroatoms. The van der Waals surface area contributed by atoms with Crippen molar-refractivity contribution in [3.05, 3.63) is 18.4 Å². The normalized spacial score (nSPS) is 11.4. The summed E-state index contributed by atoms with van der Waals surface area (Å²) >= 11 is 4.48. The van der Waals surface area contributed by atoms with Gasteiger partial charge in [0.05, 0.1) is 24.2 Å². The Bertz CT molecular complexity index is 296. The highest BCUT2D eigenvalue weighted by Crippen LogP contribution is 2.19. The predicted octanol–water partition coefficient (Wildman–Crippen LogP) is 2.04. The quantitative estimate of drug-likeness (QED) is 0.797. The second-order valence-corrected chi connectivity index (χ2v) is 3.03. The molecular weight excluding hydrogens is 217 g/mol. The summed E-state index contributed by atoms with van der Waals surface area (Å²) in [5, 5.41) is 2.42. The van der Waals surface area contributed by atoms with E-state index in [9.17, 15) is 13.2 Å². The van der Waals surface area contributed by atoms with Crippen LogP contribution in [0.2, 0.25) is 0 Å². The number of nitrogens with one attached hydrogen (secondary N) is 1. The highest BCUT2D eigenvalue weighted by atomic mass is 32.1. The largest absolute Gasteiger partial charge is 0.447 e. The average molecular weight is 224 g/mol. The highest BCUT2D eigenvalue weighted by molar-refractivity contribution is 7.80. The van der Waals surface area contributed by atoms with Gasteiger partial charge in [0.1, 0.15) is 5.76 Å². The molecule has 0 aliphatic heterocycles. The molecule has 0 saturated carbocycles. The smallest absolute Gasteiger partial charge is 0.395 e. The highest BCUT2D eigenvalue weighted by Gasteiger charge is 2.28. The molecule has 0 bridgehead atoms. The molecule has 0 saturated heterocycles. The van der Waals surface area contributed by atoms with E-state index < -0.39 is 12.6 Å². The maximum atomic E-state index is 11.8. The lowest BCUT2D eigenvalue weighted by Crippen LogP contribution is -2.26. The van der Waals surface area contributed by atoms with E-state index in [0.29, 0.717) is 5.76 Å². The van der Waals surface area contributed by atoms with Gasteiger partial charge in [-0.2, -0.15) is 13.2 Å². The lowest BCUT2D eigenvalue weighted by molar-refractivity contribution is -0.121. The fraction of sp³-hybridized carbons (Fsp3) is 0.429. The first-order valence-corrected chi connectivity index (χ1v) is 4.09. The molecule has 1 rings (SSSR count). The standard InChI is InChI=1S/C7H7F3N2OS/c8-7(9,10)1-6(14)12-3-5-2-11-4-13-5/h2,4H,1,3H2,(H,12,14). The van der Waals surface area contributed by atoms with Crippen LogP contribution in [0, 0.1) is 0 Å². The van der Waals surface area contributed by atoms with Gasteiger partial charge < -0.3 is 9.73 Å². The Balaban J connectivity index is 2.29. The Morgan fingerprint density at radius 2 is 2.29 bits per heavy atom. The zero-order chi connectivity index (χ0) is 10.6. The van der Waals surface area contributed by atoms with Crippen molar-refractivity contribution >= 4 is 17.2 Å². The lowest BCUT2D eigenvalue weighted by Gasteiger charge is -2.08. The molecular formula is C7H7F3N2OS. The summed E-state index contributed by atoms with van der Waals surface area (Å²) in [6, 6.07) is 0. The summed E-state index contributed by atoms with van der Waals surface area (Å²) in [5.74, 6) is 0.439. The number of oxazole rings is 1. The Hall–Kier alpha value is -1.11. The number of alkyl halides is 3. The molecule has 1 heterocycles. The summed E-state index contributed by atoms with van der Waals surface area (Å²) in [7, 11) is 0. The molecule has 0 spiro atoms. The number of hydrogen-bond donors (Lipinski definition) is 1. The van der Waals surface area contributed by atoms with Crippen molar-refractivity contribution in [2.45, 2.75) is 19.1 Å². The van der Waals surface area contributed by atoms with Gasteiger partial charge in [-0.15, -0.1) is 0 Å². The van der Waals surface area contributed by atoms with Crippen LogP contribution in [0.25, 0.3) is 0 Å². The molecule has 3 nitrogen and oxygen atoms in total. The molecule has 14 heavy (non-hydrogen) atoms. The van der Waals surface area contributed by atoms with E-state index in [1.54, 1.807) is 0 Å². The summed E-state index contributed by atoms with van der Waals surface area (Å²) in [4.78, 5) is 3.35. The fourth-order valence-corrected chi connectivity index (χ4v) is 0.996. The van der Waals surface area contributed by atoms with Crippen LogP contribution in [0.1, 0.15) is 12.2 Å². The van der Waals surface area contributed by atoms with Gasteiger partial charge in [-0.1, -0.05) is 12.2 Å². The van der Waals surface area contributed by atoms with Crippen molar-refractivity contribution in [1.82, 2.24) is 10.3 Å². The number of hydrogen-bond acceptors (Lipinski definition) is 3. The minimum atomic E-state index is -4.27. The number of halogens is 3. The van der Waals surface area contributed by atoms with E-state index in [1.165, 1.54) is 12.6 Å². The van der Waals surface area contributed by atoms with Crippen LogP contribution in [0.3, 0.4) is 0 Å². The van der Waals surface area contributed by atoms with Crippen LogP contribution >= 0.6 is 12.2 Å². The Morgan fingerprint density at radius 3 is 2.79 bits per heavy atom. The van der Waals surface area contributed by atoms with Gasteiger partial charge in [-0.25, -0.2) is 4.98 Å². The van der Waals surface area contributed by atoms with E-state index >= 15 is 0 Å². The van der Waals surface area contributed by atoms with Crippen LogP contribution in [-0.4, -0.2) is 16.1 Å². The van der Waals surface area contributed by atoms with Crippen molar-refractivity contribution in [1.29, 1.82) is 0 Å². The first-order valence-electron chi connectivity index (χ1n) is 3.68. The molecule has 0 fully saturated rings. The zero-order valence-electron chi connectivity index (χ0n) is 6.97. The van der Waals surface area contributed by atoms with Gasteiger partial charge in [-0.05, 0) is 0 Å². The fourth-order valence-electron chi connectivity index (χ4n) is 0.760. The van der Waals surface area contributed by atoms with E-state index in [2.05, 4.69) is 22.5 Å². The third kappa shape index (κ3) is 4.22. The number of rotatable bonds is 3. The van der Waals surface area contributed by atoms with Crippen molar-refractivity contribution in [2.24, 2.45) is 0 Å². The summed E-state index contributed by atoms with van der Waals surface area (Å²) in [6.07, 6.45) is -2.78. The first kappa shape index (κ1) is 11.0. The summed E-state index contributed by atoms with van der Waals surface area (Å²) in [6.45, 7) is 0.120. The molecule has 0 unspecified atom stereocenters. The van der Waals surface area contributed by atoms with E-state index in [1.807, 2.05) is 0 Å². The Morgan fingerprint density at radius 1 is 1.57 bits per heavy atom. The first-order chi connectivity index (χ1) is 6.47. The molecule has 1 aromatic rings. The number of nitrogens with zero attached hydrogens (tertiary/aromatic N) is 1. The molecule has 0 radical (unpaired) electrons. The van der Waals surface area contributed by atoms with Crippen molar-refractivity contribution in [3.63, 3.8) is 0 Å². The monoisotopic (exact) mass is 224 g/mol. The predicted molar refractivity (Wildman–Crippen MR) is 46.6 cm³/mol. The minimum absolute atomic E-state index is 0.120. The van der Waals surface area contributed by atoms with Gasteiger partial charge in [0.25, 0.3) is 0 Å². The lowest BCUT2D eigenvalue weighted by atomic mass is 10.4. The Kier molecular flexibility index (Phi) is 3.45. The molecule has 78 valence electrons. The van der Waals surface area contributed by atoms with Crippen LogP contribution in [0.5, 0.6) is 0 Å². The second-order valence-electron chi connectivity index (χ2n) is 2.54. The third-order valence-electron chi connectivity index (χ3n) is 1.30. The molecule has 0 amide bonds. The maximum Gasteiger partial charge on any atom is 0.395 e. The maximum absolute atomic E-state index is 11.8. The van der Waals surface area contributed by atoms with Crippen LogP contribution in [0.4, 0.5) is 13.2 Å². The average Bonchev–Trinajstić information content (AvgIpc) is 2.49. The third-order valence-corrected chi connectivity index (χ3v) is 1.59. The molecule has 0 aromatic carbocycles. The van der Waals surface area contributed by atoms with E-state index in [-0.39, 0.29) is 11.5 Å².